The van der Waals surface area contributed by atoms with Gasteiger partial charge in [0.05, 0.1) is 22.2 Å². The number of rotatable bonds is 4. The van der Waals surface area contributed by atoms with Crippen LogP contribution in [0.1, 0.15) is 22.8 Å². The molecule has 5 nitrogen and oxygen atoms in total. The zero-order chi connectivity index (χ0) is 18.0. The second kappa shape index (κ2) is 6.82. The number of hydrogen-bond acceptors (Lipinski definition) is 4. The van der Waals surface area contributed by atoms with Crippen molar-refractivity contribution in [1.82, 2.24) is 0 Å². The molecule has 0 radical (unpaired) electrons. The van der Waals surface area contributed by atoms with E-state index < -0.39 is 10.0 Å². The maximum Gasteiger partial charge on any atom is 0.282 e. The third-order valence-corrected chi connectivity index (χ3v) is 5.16. The Balaban J connectivity index is 2.05. The van der Waals surface area contributed by atoms with Crippen molar-refractivity contribution >= 4 is 33.1 Å². The highest BCUT2D eigenvalue weighted by Gasteiger charge is 2.25. The van der Waals surface area contributed by atoms with E-state index >= 15 is 0 Å². The zero-order valence-corrected chi connectivity index (χ0v) is 14.8. The Kier molecular flexibility index (Phi) is 4.74. The lowest BCUT2D eigenvalue weighted by molar-refractivity contribution is 0.104. The summed E-state index contributed by atoms with van der Waals surface area (Å²) in [4.78, 5) is 12.1. The van der Waals surface area contributed by atoms with Crippen molar-refractivity contribution in [3.05, 3.63) is 70.8 Å². The van der Waals surface area contributed by atoms with Gasteiger partial charge in [0.2, 0.25) is 5.78 Å². The van der Waals surface area contributed by atoms with Crippen molar-refractivity contribution in [2.75, 3.05) is 6.61 Å². The average molecular weight is 376 g/mol. The quantitative estimate of drug-likeness (QED) is 0.818. The molecule has 0 spiro atoms. The molecule has 25 heavy (non-hydrogen) atoms. The molecule has 3 rings (SSSR count). The van der Waals surface area contributed by atoms with Crippen LogP contribution in [0.15, 0.2) is 68.9 Å². The number of sulfonamides is 1. The van der Waals surface area contributed by atoms with Crippen LogP contribution < -0.4 is 4.74 Å². The summed E-state index contributed by atoms with van der Waals surface area (Å²) < 4.78 is 34.3. The normalized spacial score (nSPS) is 15.7. The molecular weight excluding hydrogens is 362 g/mol. The summed E-state index contributed by atoms with van der Waals surface area (Å²) in [6.45, 7) is 2.33. The molecule has 0 saturated carbocycles. The lowest BCUT2D eigenvalue weighted by Crippen LogP contribution is -2.16. The molecule has 2 aromatic rings. The number of nitrogens with zero attached hydrogens (tertiary/aromatic N) is 1. The van der Waals surface area contributed by atoms with E-state index in [9.17, 15) is 13.2 Å². The van der Waals surface area contributed by atoms with Gasteiger partial charge >= 0.3 is 0 Å². The van der Waals surface area contributed by atoms with Gasteiger partial charge in [0.25, 0.3) is 10.0 Å². The van der Waals surface area contributed by atoms with Crippen LogP contribution in [0.4, 0.5) is 0 Å². The first kappa shape index (κ1) is 17.4. The SMILES string of the molecule is CCOc1ccc(S(=O)(=O)/N=C2\C=C(Cl)C(=O)c3ccccc32)cc1. The van der Waals surface area contributed by atoms with Crippen LogP contribution in [0, 0.1) is 0 Å². The molecule has 0 amide bonds. The minimum atomic E-state index is -3.96. The molecule has 1 aliphatic carbocycles. The van der Waals surface area contributed by atoms with E-state index in [0.717, 1.165) is 0 Å². The third-order valence-electron chi connectivity index (χ3n) is 3.58. The van der Waals surface area contributed by atoms with Crippen molar-refractivity contribution in [2.45, 2.75) is 11.8 Å². The van der Waals surface area contributed by atoms with Crippen LogP contribution in [0.5, 0.6) is 5.75 Å². The van der Waals surface area contributed by atoms with Gasteiger partial charge in [-0.3, -0.25) is 4.79 Å². The summed E-state index contributed by atoms with van der Waals surface area (Å²) in [5.41, 5.74) is 0.899. The largest absolute Gasteiger partial charge is 0.494 e. The maximum atomic E-state index is 12.6. The lowest BCUT2D eigenvalue weighted by atomic mass is 9.94. The number of carbonyl (C=O) groups is 1. The van der Waals surface area contributed by atoms with Crippen LogP contribution in [-0.4, -0.2) is 26.5 Å². The van der Waals surface area contributed by atoms with E-state index in [1.54, 1.807) is 36.4 Å². The van der Waals surface area contributed by atoms with Crippen LogP contribution in [0.2, 0.25) is 0 Å². The molecule has 7 heteroatoms. The number of benzene rings is 2. The molecule has 0 heterocycles. The predicted molar refractivity (Wildman–Crippen MR) is 96.0 cm³/mol. The molecule has 1 aliphatic rings. The predicted octanol–water partition coefficient (Wildman–Crippen LogP) is 3.58. The first-order valence-corrected chi connectivity index (χ1v) is 9.33. The van der Waals surface area contributed by atoms with Crippen LogP contribution in [0.3, 0.4) is 0 Å². The summed E-state index contributed by atoms with van der Waals surface area (Å²) in [5.74, 6) is 0.223. The fourth-order valence-corrected chi connectivity index (χ4v) is 3.63. The standard InChI is InChI=1S/C18H14ClNO4S/c1-2-24-12-7-9-13(10-8-12)25(22,23)20-17-11-16(19)18(21)15-6-4-3-5-14(15)17/h3-11H,2H2,1H3/b20-17+. The van der Waals surface area contributed by atoms with Gasteiger partial charge in [0.15, 0.2) is 0 Å². The number of ketones is 1. The fraction of sp³-hybridized carbons (Fsp3) is 0.111. The topological polar surface area (TPSA) is 72.8 Å². The van der Waals surface area contributed by atoms with E-state index in [1.165, 1.54) is 18.2 Å². The van der Waals surface area contributed by atoms with Crippen molar-refractivity contribution in [3.8, 4) is 5.75 Å². The number of fused-ring (bicyclic) bond motifs is 1. The smallest absolute Gasteiger partial charge is 0.282 e. The Labute approximate surface area is 150 Å². The Hall–Kier alpha value is -2.44. The van der Waals surface area contributed by atoms with Crippen LogP contribution in [-0.2, 0) is 10.0 Å². The summed E-state index contributed by atoms with van der Waals surface area (Å²) >= 11 is 5.94. The number of ether oxygens (including phenoxy) is 1. The number of Topliss-reactive ketones (excluding diaryl/α,β-unsaturated/α-hetero) is 1. The Morgan fingerprint density at radius 3 is 2.32 bits per heavy atom. The van der Waals surface area contributed by atoms with E-state index in [0.29, 0.717) is 23.5 Å². The highest BCUT2D eigenvalue weighted by atomic mass is 35.5. The molecule has 128 valence electrons. The highest BCUT2D eigenvalue weighted by Crippen LogP contribution is 2.26. The van der Waals surface area contributed by atoms with Gasteiger partial charge in [-0.2, -0.15) is 12.8 Å². The average Bonchev–Trinajstić information content (AvgIpc) is 2.60. The van der Waals surface area contributed by atoms with Gasteiger partial charge in [-0.1, -0.05) is 35.9 Å². The van der Waals surface area contributed by atoms with E-state index in [1.807, 2.05) is 6.92 Å². The first-order valence-electron chi connectivity index (χ1n) is 7.51. The number of halogens is 1. The number of allylic oxidation sites excluding steroid dienone is 2. The molecule has 0 atom stereocenters. The third kappa shape index (κ3) is 3.50. The Morgan fingerprint density at radius 1 is 1.04 bits per heavy atom. The molecule has 0 fully saturated rings. The van der Waals surface area contributed by atoms with Gasteiger partial charge in [-0.05, 0) is 37.3 Å². The number of hydrogen-bond donors (Lipinski definition) is 0. The summed E-state index contributed by atoms with van der Waals surface area (Å²) in [7, 11) is -3.96. The molecule has 0 unspecified atom stereocenters. The molecular formula is C18H14ClNO4S. The van der Waals surface area contributed by atoms with Crippen molar-refractivity contribution < 1.29 is 17.9 Å². The second-order valence-electron chi connectivity index (χ2n) is 5.22. The fourth-order valence-electron chi connectivity index (χ4n) is 2.43. The van der Waals surface area contributed by atoms with Gasteiger partial charge < -0.3 is 4.74 Å². The molecule has 0 aliphatic heterocycles. The van der Waals surface area contributed by atoms with E-state index in [-0.39, 0.29) is 21.4 Å². The molecule has 2 aromatic carbocycles. The van der Waals surface area contributed by atoms with Gasteiger partial charge in [0.1, 0.15) is 5.75 Å². The summed E-state index contributed by atoms with van der Waals surface area (Å²) in [5, 5.41) is -0.0701. The van der Waals surface area contributed by atoms with Gasteiger partial charge in [0, 0.05) is 11.1 Å². The Morgan fingerprint density at radius 2 is 1.68 bits per heavy atom. The summed E-state index contributed by atoms with van der Waals surface area (Å²) in [6.07, 6.45) is 1.28. The van der Waals surface area contributed by atoms with Crippen molar-refractivity contribution in [2.24, 2.45) is 4.40 Å². The van der Waals surface area contributed by atoms with Crippen LogP contribution in [0.25, 0.3) is 0 Å². The van der Waals surface area contributed by atoms with E-state index in [2.05, 4.69) is 4.40 Å². The minimum absolute atomic E-state index is 0.0300. The van der Waals surface area contributed by atoms with Gasteiger partial charge in [-0.25, -0.2) is 0 Å². The lowest BCUT2D eigenvalue weighted by Gasteiger charge is -2.14. The number of carbonyl (C=O) groups excluding carboxylic acids is 1. The zero-order valence-electron chi connectivity index (χ0n) is 13.3. The Bertz CT molecular complexity index is 992. The maximum absolute atomic E-state index is 12.6. The minimum Gasteiger partial charge on any atom is -0.494 e. The molecule has 0 bridgehead atoms. The van der Waals surface area contributed by atoms with Crippen molar-refractivity contribution in [1.29, 1.82) is 0 Å². The van der Waals surface area contributed by atoms with Crippen LogP contribution >= 0.6 is 11.6 Å². The van der Waals surface area contributed by atoms with E-state index in [4.69, 9.17) is 16.3 Å². The molecule has 0 N–H and O–H groups in total. The molecule has 0 aromatic heterocycles. The second-order valence-corrected chi connectivity index (χ2v) is 7.23. The monoisotopic (exact) mass is 375 g/mol. The highest BCUT2D eigenvalue weighted by molar-refractivity contribution is 7.90. The first-order chi connectivity index (χ1) is 11.9. The van der Waals surface area contributed by atoms with Crippen molar-refractivity contribution in [3.63, 3.8) is 0 Å². The van der Waals surface area contributed by atoms with Gasteiger partial charge in [-0.15, -0.1) is 0 Å². The summed E-state index contributed by atoms with van der Waals surface area (Å²) in [6, 6.07) is 12.6. The molecule has 0 saturated heterocycles.